The van der Waals surface area contributed by atoms with Crippen LogP contribution in [0.25, 0.3) is 0 Å². The van der Waals surface area contributed by atoms with E-state index in [0.717, 1.165) is 144 Å². The van der Waals surface area contributed by atoms with E-state index in [1.807, 2.05) is 88.8 Å². The van der Waals surface area contributed by atoms with Gasteiger partial charge in [-0.2, -0.15) is 0 Å². The van der Waals surface area contributed by atoms with Gasteiger partial charge in [-0.05, 0) is 152 Å². The molecule has 6 aliphatic rings. The quantitative estimate of drug-likeness (QED) is 0.0421. The third-order valence-electron chi connectivity index (χ3n) is 21.7. The first-order chi connectivity index (χ1) is 51.1. The molecule has 0 bridgehead atoms. The molecule has 6 saturated heterocycles. The van der Waals surface area contributed by atoms with Gasteiger partial charge in [0.25, 0.3) is 0 Å². The first-order valence-corrected chi connectivity index (χ1v) is 40.0. The maximum atomic E-state index is 12.4. The van der Waals surface area contributed by atoms with Gasteiger partial charge in [0.1, 0.15) is 22.9 Å². The first kappa shape index (κ1) is 87.9. The minimum absolute atomic E-state index is 0.0598. The van der Waals surface area contributed by atoms with Gasteiger partial charge in [-0.25, -0.2) is 19.9 Å². The van der Waals surface area contributed by atoms with Crippen LogP contribution in [0.2, 0.25) is 0 Å². The maximum Gasteiger partial charge on any atom is 0.240 e. The normalized spacial score (nSPS) is 24.1. The van der Waals surface area contributed by atoms with Crippen LogP contribution >= 0.6 is 22.7 Å². The lowest BCUT2D eigenvalue weighted by Crippen LogP contribution is -2.44. The third kappa shape index (κ3) is 27.6. The van der Waals surface area contributed by atoms with Crippen LogP contribution in [0.1, 0.15) is 193 Å². The highest BCUT2D eigenvalue weighted by Gasteiger charge is 2.41. The highest BCUT2D eigenvalue weighted by molar-refractivity contribution is 7.09. The molecule has 0 aromatic carbocycles. The minimum atomic E-state index is -0.113. The van der Waals surface area contributed by atoms with Crippen molar-refractivity contribution in [2.24, 2.45) is 32.5 Å². The summed E-state index contributed by atoms with van der Waals surface area (Å²) in [6, 6.07) is 1.26. The van der Waals surface area contributed by atoms with E-state index in [1.165, 1.54) is 12.7 Å². The molecule has 6 amide bonds. The van der Waals surface area contributed by atoms with E-state index in [4.69, 9.17) is 13.4 Å². The Morgan fingerprint density at radius 2 is 0.824 bits per heavy atom. The number of hydrogen-bond donors (Lipinski definition) is 7. The van der Waals surface area contributed by atoms with Crippen LogP contribution in [-0.2, 0) is 68.0 Å². The number of aromatic nitrogens is 7. The third-order valence-corrected chi connectivity index (χ3v) is 23.2. The first-order valence-electron chi connectivity index (χ1n) is 38.3. The molecule has 0 aliphatic carbocycles. The summed E-state index contributed by atoms with van der Waals surface area (Å²) in [5, 5.41) is 25.4. The number of rotatable bonds is 18. The summed E-state index contributed by atoms with van der Waals surface area (Å²) in [5.41, 5.74) is 2.97. The SMILES string of the molecule is CNC1CC(C)(C)CCN(Cc2ccno2)C1=O.CNC1CC(C)(C)CCN(Cc2cnco2)C1=O.CNC1CC(C)(C)CCN(Cc2cncs2)C1=O.CNC1CC(C)(C)CCN(Cc2ncc[nH]2)C1=O.CNC1CC(C)(C)CCN(Cc2ncco2)C1=O.CNC1CC(C)(C)CCN(Cc2nccs2)C1=O. The highest BCUT2D eigenvalue weighted by atomic mass is 32.1. The zero-order valence-corrected chi connectivity index (χ0v) is 69.4. The van der Waals surface area contributed by atoms with E-state index in [0.29, 0.717) is 45.2 Å². The number of amides is 6. The lowest BCUT2D eigenvalue weighted by Gasteiger charge is -2.24. The Hall–Kier alpha value is -7.32. The molecular formula is C78H127N19O9S2. The van der Waals surface area contributed by atoms with Crippen LogP contribution in [-0.4, -0.2) is 218 Å². The number of nitrogens with zero attached hydrogens (tertiary/aromatic N) is 12. The molecule has 12 rings (SSSR count). The lowest BCUT2D eigenvalue weighted by molar-refractivity contribution is -0.134. The number of aromatic amines is 1. The molecule has 30 heteroatoms. The van der Waals surface area contributed by atoms with Gasteiger partial charge in [0.2, 0.25) is 41.3 Å². The number of carbonyl (C=O) groups is 6. The van der Waals surface area contributed by atoms with E-state index < -0.39 is 0 Å². The molecule has 7 N–H and O–H groups in total. The van der Waals surface area contributed by atoms with Crippen molar-refractivity contribution in [2.45, 2.75) is 236 Å². The van der Waals surface area contributed by atoms with Crippen molar-refractivity contribution in [3.8, 4) is 0 Å². The van der Waals surface area contributed by atoms with Crippen molar-refractivity contribution in [1.82, 2.24) is 96.4 Å². The van der Waals surface area contributed by atoms with Crippen molar-refractivity contribution in [1.29, 1.82) is 0 Å². The predicted octanol–water partition coefficient (Wildman–Crippen LogP) is 9.14. The van der Waals surface area contributed by atoms with Crippen molar-refractivity contribution >= 4 is 58.1 Å². The zero-order chi connectivity index (χ0) is 79.0. The maximum absolute atomic E-state index is 12.4. The average molecular weight is 1540 g/mol. The molecule has 0 radical (unpaired) electrons. The molecular weight excluding hydrogens is 1410 g/mol. The van der Waals surface area contributed by atoms with Crippen LogP contribution in [0.4, 0.5) is 0 Å². The van der Waals surface area contributed by atoms with Crippen LogP contribution in [0.3, 0.4) is 0 Å². The number of likely N-dealkylation sites (tertiary alicyclic amines) is 6. The van der Waals surface area contributed by atoms with E-state index >= 15 is 0 Å². The number of likely N-dealkylation sites (N-methyl/N-ethyl adjacent to an activating group) is 6. The second-order valence-electron chi connectivity index (χ2n) is 34.1. The van der Waals surface area contributed by atoms with E-state index in [9.17, 15) is 28.8 Å². The summed E-state index contributed by atoms with van der Waals surface area (Å²) in [7, 11) is 11.1. The summed E-state index contributed by atoms with van der Waals surface area (Å²) in [5.74, 6) is 3.96. The lowest BCUT2D eigenvalue weighted by atomic mass is 9.83. The standard InChI is InChI=1S/C13H22N4O.3C13H21N3O2.2C13H21N3OS/c1-13(2)4-7-17(9-11-15-5-6-16-11)12(18)10(8-13)14-3;1-13(2)4-6-16(9-11-15-5-7-18-11)12(17)10(8-13)14-3;1-13(2)5-7-16(9-10-4-6-15-18-10)12(17)11(8-13)14-3;1-13(2)4-5-16(8-10-7-15-9-18-10)12(17)11(6-13)14-3;1-13(2)4-6-16(9-11-15-5-7-18-11)12(17)10(8-13)14-3;1-13(2)4-5-16(8-10-7-15-9-18-10)12(17)11(6-13)14-3/h5-6,10,14H,4,7-9H2,1-3H3,(H,15,16);5,7,10,14H,4,6,8-9H2,1-3H3;4,6,11,14H,5,7-9H2,1-3H3;7,9,11,14H,4-6,8H2,1-3H3;5,7,10,14H,4,6,8-9H2,1-3H3;7,9,11,14H,4-6,8H2,1-3H3. The second kappa shape index (κ2) is 40.6. The molecule has 6 aliphatic heterocycles. The molecule has 6 aromatic rings. The Kier molecular flexibility index (Phi) is 33.0. The summed E-state index contributed by atoms with van der Waals surface area (Å²) < 4.78 is 15.5. The highest BCUT2D eigenvalue weighted by Crippen LogP contribution is 2.37. The second-order valence-corrected chi connectivity index (χ2v) is 36.1. The Labute approximate surface area is 649 Å². The van der Waals surface area contributed by atoms with Crippen LogP contribution in [0, 0.1) is 32.5 Å². The predicted molar refractivity (Wildman–Crippen MR) is 420 cm³/mol. The van der Waals surface area contributed by atoms with Gasteiger partial charge in [-0.3, -0.25) is 33.8 Å². The number of nitrogens with one attached hydrogen (secondary N) is 7. The molecule has 0 spiro atoms. The van der Waals surface area contributed by atoms with Crippen molar-refractivity contribution < 1.29 is 42.1 Å². The summed E-state index contributed by atoms with van der Waals surface area (Å²) in [4.78, 5) is 110. The van der Waals surface area contributed by atoms with Crippen molar-refractivity contribution in [3.05, 3.63) is 106 Å². The molecule has 108 heavy (non-hydrogen) atoms. The number of imidazole rings is 1. The molecule has 6 atom stereocenters. The monoisotopic (exact) mass is 1540 g/mol. The molecule has 6 unspecified atom stereocenters. The van der Waals surface area contributed by atoms with Crippen molar-refractivity contribution in [2.75, 3.05) is 81.6 Å². The molecule has 6 fully saturated rings. The molecule has 6 aromatic heterocycles. The van der Waals surface area contributed by atoms with Gasteiger partial charge in [0, 0.05) is 80.4 Å². The van der Waals surface area contributed by atoms with Crippen LogP contribution < -0.4 is 31.9 Å². The van der Waals surface area contributed by atoms with Crippen LogP contribution in [0.15, 0.2) is 86.3 Å². The average Bonchev–Trinajstić information content (AvgIpc) is 1.75. The Morgan fingerprint density at radius 1 is 0.426 bits per heavy atom. The molecule has 12 heterocycles. The summed E-state index contributed by atoms with van der Waals surface area (Å²) in [6.45, 7) is 34.8. The largest absolute Gasteiger partial charge is 0.447 e. The summed E-state index contributed by atoms with van der Waals surface area (Å²) in [6.07, 6.45) is 26.4. The van der Waals surface area contributed by atoms with E-state index in [2.05, 4.69) is 150 Å². The van der Waals surface area contributed by atoms with Gasteiger partial charge >= 0.3 is 0 Å². The molecule has 0 saturated carbocycles. The van der Waals surface area contributed by atoms with Gasteiger partial charge in [0.15, 0.2) is 12.2 Å². The number of H-pyrrole nitrogens is 1. The van der Waals surface area contributed by atoms with Gasteiger partial charge in [-0.15, -0.1) is 22.7 Å². The Balaban J connectivity index is 0.000000180. The number of oxazole rings is 2. The van der Waals surface area contributed by atoms with Crippen LogP contribution in [0.5, 0.6) is 0 Å². The van der Waals surface area contributed by atoms with E-state index in [-0.39, 0.29) is 104 Å². The summed E-state index contributed by atoms with van der Waals surface area (Å²) >= 11 is 3.22. The molecule has 28 nitrogen and oxygen atoms in total. The smallest absolute Gasteiger partial charge is 0.240 e. The topological polar surface area (TPSA) is 327 Å². The van der Waals surface area contributed by atoms with E-state index in [1.54, 1.807) is 65.9 Å². The van der Waals surface area contributed by atoms with Gasteiger partial charge < -0.3 is 79.6 Å². The van der Waals surface area contributed by atoms with Gasteiger partial charge in [0.05, 0.1) is 99.6 Å². The molecule has 600 valence electrons. The fraction of sp³-hybridized carbons (Fsp3) is 0.692. The van der Waals surface area contributed by atoms with Gasteiger partial charge in [-0.1, -0.05) is 88.2 Å². The van der Waals surface area contributed by atoms with Crippen molar-refractivity contribution in [3.63, 3.8) is 0 Å². The zero-order valence-electron chi connectivity index (χ0n) is 67.7. The fourth-order valence-electron chi connectivity index (χ4n) is 14.4. The number of carbonyl (C=O) groups excluding carboxylic acids is 6. The fourth-order valence-corrected chi connectivity index (χ4v) is 15.7. The number of hydrogen-bond acceptors (Lipinski definition) is 23. The Morgan fingerprint density at radius 3 is 1.15 bits per heavy atom. The number of thiazole rings is 2. The minimum Gasteiger partial charge on any atom is -0.447 e. The Bertz CT molecular complexity index is 3020.